The number of rotatable bonds is 5. The molecule has 0 aliphatic heterocycles. The van der Waals surface area contributed by atoms with Crippen molar-refractivity contribution in [2.24, 2.45) is 5.73 Å². The zero-order valence-corrected chi connectivity index (χ0v) is 9.82. The van der Waals surface area contributed by atoms with Crippen molar-refractivity contribution in [3.05, 3.63) is 57.9 Å². The first-order valence-electron chi connectivity index (χ1n) is 5.64. The van der Waals surface area contributed by atoms with E-state index in [2.05, 4.69) is 5.10 Å². The van der Waals surface area contributed by atoms with E-state index in [1.165, 1.54) is 6.07 Å². The van der Waals surface area contributed by atoms with Crippen LogP contribution in [0.15, 0.2) is 36.7 Å². The molecule has 0 bridgehead atoms. The van der Waals surface area contributed by atoms with Crippen LogP contribution >= 0.6 is 0 Å². The maximum absolute atomic E-state index is 10.9. The van der Waals surface area contributed by atoms with Crippen LogP contribution in [0.1, 0.15) is 11.1 Å². The number of nitrogens with two attached hydrogens (primary N) is 1. The van der Waals surface area contributed by atoms with Crippen molar-refractivity contribution in [3.8, 4) is 0 Å². The molecule has 0 saturated carbocycles. The van der Waals surface area contributed by atoms with Crippen LogP contribution in [0.4, 0.5) is 5.69 Å². The average molecular weight is 246 g/mol. The van der Waals surface area contributed by atoms with Gasteiger partial charge in [0.05, 0.1) is 23.2 Å². The summed E-state index contributed by atoms with van der Waals surface area (Å²) in [6.07, 6.45) is 4.36. The molecule has 0 spiro atoms. The zero-order valence-electron chi connectivity index (χ0n) is 9.82. The van der Waals surface area contributed by atoms with Crippen molar-refractivity contribution in [2.45, 2.75) is 13.0 Å². The molecule has 0 aliphatic rings. The smallest absolute Gasteiger partial charge is 0.274 e. The lowest BCUT2D eigenvalue weighted by molar-refractivity contribution is -0.385. The Morgan fingerprint density at radius 1 is 1.39 bits per heavy atom. The molecular formula is C12H14N4O2. The molecule has 0 amide bonds. The van der Waals surface area contributed by atoms with E-state index in [0.717, 1.165) is 12.0 Å². The van der Waals surface area contributed by atoms with E-state index in [4.69, 9.17) is 5.73 Å². The second-order valence-corrected chi connectivity index (χ2v) is 3.97. The lowest BCUT2D eigenvalue weighted by Crippen LogP contribution is -2.04. The predicted molar refractivity (Wildman–Crippen MR) is 67.2 cm³/mol. The molecular weight excluding hydrogens is 232 g/mol. The highest BCUT2D eigenvalue weighted by Crippen LogP contribution is 2.18. The Balaban J connectivity index is 2.20. The van der Waals surface area contributed by atoms with E-state index in [-0.39, 0.29) is 10.6 Å². The van der Waals surface area contributed by atoms with Crippen LogP contribution in [0.3, 0.4) is 0 Å². The van der Waals surface area contributed by atoms with Crippen LogP contribution in [0, 0.1) is 10.1 Å². The Kier molecular flexibility index (Phi) is 3.69. The summed E-state index contributed by atoms with van der Waals surface area (Å²) >= 11 is 0. The maximum atomic E-state index is 10.9. The van der Waals surface area contributed by atoms with Gasteiger partial charge in [-0.25, -0.2) is 0 Å². The van der Waals surface area contributed by atoms with E-state index in [0.29, 0.717) is 18.7 Å². The number of nitro benzene ring substituents is 1. The van der Waals surface area contributed by atoms with Crippen molar-refractivity contribution in [2.75, 3.05) is 6.54 Å². The highest BCUT2D eigenvalue weighted by atomic mass is 16.6. The first-order valence-corrected chi connectivity index (χ1v) is 5.64. The van der Waals surface area contributed by atoms with E-state index in [1.54, 1.807) is 29.1 Å². The minimum atomic E-state index is -0.375. The zero-order chi connectivity index (χ0) is 13.0. The van der Waals surface area contributed by atoms with Gasteiger partial charge in [0, 0.05) is 12.3 Å². The van der Waals surface area contributed by atoms with Gasteiger partial charge in [-0.2, -0.15) is 5.10 Å². The van der Waals surface area contributed by atoms with Crippen LogP contribution in [-0.4, -0.2) is 21.2 Å². The second kappa shape index (κ2) is 5.42. The molecule has 0 radical (unpaired) electrons. The predicted octanol–water partition coefficient (Wildman–Crippen LogP) is 1.34. The van der Waals surface area contributed by atoms with Gasteiger partial charge in [0.25, 0.3) is 5.69 Å². The quantitative estimate of drug-likeness (QED) is 0.637. The van der Waals surface area contributed by atoms with Gasteiger partial charge in [-0.1, -0.05) is 18.2 Å². The fourth-order valence-electron chi connectivity index (χ4n) is 1.79. The fraction of sp³-hybridized carbons (Fsp3) is 0.250. The van der Waals surface area contributed by atoms with Crippen molar-refractivity contribution >= 4 is 5.69 Å². The third-order valence-corrected chi connectivity index (χ3v) is 2.64. The molecule has 6 heteroatoms. The topological polar surface area (TPSA) is 87.0 Å². The molecule has 0 unspecified atom stereocenters. The third-order valence-electron chi connectivity index (χ3n) is 2.64. The van der Waals surface area contributed by atoms with Crippen LogP contribution < -0.4 is 5.73 Å². The Bertz CT molecular complexity index is 551. The molecule has 18 heavy (non-hydrogen) atoms. The maximum Gasteiger partial charge on any atom is 0.274 e. The molecule has 6 nitrogen and oxygen atoms in total. The molecule has 94 valence electrons. The Morgan fingerprint density at radius 3 is 2.89 bits per heavy atom. The van der Waals surface area contributed by atoms with Gasteiger partial charge >= 0.3 is 0 Å². The Labute approximate surface area is 104 Å². The Hall–Kier alpha value is -2.21. The van der Waals surface area contributed by atoms with Gasteiger partial charge in [-0.05, 0) is 18.5 Å². The third kappa shape index (κ3) is 2.72. The van der Waals surface area contributed by atoms with Crippen LogP contribution in [0.2, 0.25) is 0 Å². The summed E-state index contributed by atoms with van der Waals surface area (Å²) < 4.78 is 1.69. The minimum absolute atomic E-state index is 0.119. The molecule has 2 aromatic rings. The van der Waals surface area contributed by atoms with Gasteiger partial charge in [-0.3, -0.25) is 14.8 Å². The molecule has 1 aromatic heterocycles. The number of benzene rings is 1. The second-order valence-electron chi connectivity index (χ2n) is 3.97. The number of hydrogen-bond acceptors (Lipinski definition) is 4. The van der Waals surface area contributed by atoms with Crippen molar-refractivity contribution in [3.63, 3.8) is 0 Å². The first-order chi connectivity index (χ1) is 8.70. The molecule has 2 N–H and O–H groups in total. The van der Waals surface area contributed by atoms with Crippen molar-refractivity contribution in [1.82, 2.24) is 9.78 Å². The average Bonchev–Trinajstić information content (AvgIpc) is 2.77. The summed E-state index contributed by atoms with van der Waals surface area (Å²) in [5.41, 5.74) is 7.26. The van der Waals surface area contributed by atoms with Gasteiger partial charge in [0.15, 0.2) is 0 Å². The van der Waals surface area contributed by atoms with E-state index >= 15 is 0 Å². The number of para-hydroxylation sites is 1. The largest absolute Gasteiger partial charge is 0.330 e. The van der Waals surface area contributed by atoms with Crippen LogP contribution in [0.25, 0.3) is 0 Å². The molecule has 1 heterocycles. The van der Waals surface area contributed by atoms with E-state index < -0.39 is 0 Å². The highest BCUT2D eigenvalue weighted by molar-refractivity contribution is 5.39. The molecule has 0 fully saturated rings. The minimum Gasteiger partial charge on any atom is -0.330 e. The first kappa shape index (κ1) is 12.3. The number of aromatic nitrogens is 2. The lowest BCUT2D eigenvalue weighted by Gasteiger charge is -2.02. The van der Waals surface area contributed by atoms with Gasteiger partial charge in [0.1, 0.15) is 0 Å². The number of hydrogen-bond donors (Lipinski definition) is 1. The molecule has 0 atom stereocenters. The normalized spacial score (nSPS) is 10.5. The number of nitro groups is 1. The summed E-state index contributed by atoms with van der Waals surface area (Å²) in [7, 11) is 0. The standard InChI is InChI=1S/C12H14N4O2/c13-6-5-10-7-14-15(8-10)9-11-3-1-2-4-12(11)16(17)18/h1-4,7-8H,5-6,9,13H2. The van der Waals surface area contributed by atoms with Crippen molar-refractivity contribution < 1.29 is 4.92 Å². The SMILES string of the molecule is NCCc1cnn(Cc2ccccc2[N+](=O)[O-])c1. The Morgan fingerprint density at radius 2 is 2.17 bits per heavy atom. The number of nitrogens with zero attached hydrogens (tertiary/aromatic N) is 3. The summed E-state index contributed by atoms with van der Waals surface area (Å²) in [5, 5.41) is 15.0. The summed E-state index contributed by atoms with van der Waals surface area (Å²) in [4.78, 5) is 10.5. The molecule has 1 aromatic carbocycles. The molecule has 2 rings (SSSR count). The monoisotopic (exact) mass is 246 g/mol. The van der Waals surface area contributed by atoms with E-state index in [1.807, 2.05) is 6.20 Å². The lowest BCUT2D eigenvalue weighted by atomic mass is 10.2. The van der Waals surface area contributed by atoms with Gasteiger partial charge < -0.3 is 5.73 Å². The molecule has 0 aliphatic carbocycles. The fourth-order valence-corrected chi connectivity index (χ4v) is 1.79. The van der Waals surface area contributed by atoms with Crippen LogP contribution in [-0.2, 0) is 13.0 Å². The van der Waals surface area contributed by atoms with E-state index in [9.17, 15) is 10.1 Å². The highest BCUT2D eigenvalue weighted by Gasteiger charge is 2.12. The summed E-state index contributed by atoms with van der Waals surface area (Å²) in [6, 6.07) is 6.68. The van der Waals surface area contributed by atoms with Gasteiger partial charge in [0.2, 0.25) is 0 Å². The summed E-state index contributed by atoms with van der Waals surface area (Å²) in [5.74, 6) is 0. The summed E-state index contributed by atoms with van der Waals surface area (Å²) in [6.45, 7) is 0.957. The van der Waals surface area contributed by atoms with Crippen molar-refractivity contribution in [1.29, 1.82) is 0 Å². The van der Waals surface area contributed by atoms with Crippen LogP contribution in [0.5, 0.6) is 0 Å². The van der Waals surface area contributed by atoms with Gasteiger partial charge in [-0.15, -0.1) is 0 Å². The molecule has 0 saturated heterocycles.